The maximum atomic E-state index is 12.9. The van der Waals surface area contributed by atoms with E-state index in [0.717, 1.165) is 12.1 Å². The molecule has 0 spiro atoms. The van der Waals surface area contributed by atoms with Gasteiger partial charge in [0.25, 0.3) is 0 Å². The van der Waals surface area contributed by atoms with E-state index in [4.69, 9.17) is 0 Å². The summed E-state index contributed by atoms with van der Waals surface area (Å²) in [4.78, 5) is 25.4. The van der Waals surface area contributed by atoms with E-state index in [9.17, 15) is 14.0 Å². The van der Waals surface area contributed by atoms with Gasteiger partial charge in [0.15, 0.2) is 0 Å². The molecule has 0 saturated carbocycles. The van der Waals surface area contributed by atoms with Gasteiger partial charge >= 0.3 is 0 Å². The highest BCUT2D eigenvalue weighted by Crippen LogP contribution is 2.17. The van der Waals surface area contributed by atoms with Crippen molar-refractivity contribution in [3.63, 3.8) is 0 Å². The van der Waals surface area contributed by atoms with E-state index in [0.29, 0.717) is 5.69 Å². The highest BCUT2D eigenvalue weighted by Gasteiger charge is 2.13. The third kappa shape index (κ3) is 4.91. The number of nitrogens with one attached hydrogen (secondary N) is 1. The first kappa shape index (κ1) is 17.7. The monoisotopic (exact) mass is 328 g/mol. The number of carbonyl (C=O) groups is 2. The summed E-state index contributed by atoms with van der Waals surface area (Å²) in [5.41, 5.74) is 2.49. The van der Waals surface area contributed by atoms with E-state index in [2.05, 4.69) is 12.2 Å². The molecule has 0 heterocycles. The van der Waals surface area contributed by atoms with Crippen molar-refractivity contribution in [3.8, 4) is 0 Å². The average Bonchev–Trinajstić information content (AvgIpc) is 2.57. The molecule has 0 radical (unpaired) electrons. The van der Waals surface area contributed by atoms with E-state index in [1.807, 2.05) is 24.3 Å². The van der Waals surface area contributed by atoms with Crippen molar-refractivity contribution in [1.82, 2.24) is 0 Å². The smallest absolute Gasteiger partial charge is 0.226 e. The minimum atomic E-state index is -0.355. The van der Waals surface area contributed by atoms with Gasteiger partial charge in [0.2, 0.25) is 11.8 Å². The van der Waals surface area contributed by atoms with Gasteiger partial charge in [0.05, 0.1) is 0 Å². The van der Waals surface area contributed by atoms with Crippen LogP contribution in [-0.2, 0) is 16.0 Å². The molecule has 2 aromatic carbocycles. The van der Waals surface area contributed by atoms with Gasteiger partial charge in [-0.05, 0) is 48.4 Å². The molecule has 0 aromatic heterocycles. The second-order valence-corrected chi connectivity index (χ2v) is 5.50. The SMILES string of the molecule is CCc1ccc(N(CCC(=O)Nc2ccc(F)cc2)C(C)=O)cc1. The van der Waals surface area contributed by atoms with E-state index in [-0.39, 0.29) is 30.6 Å². The lowest BCUT2D eigenvalue weighted by Crippen LogP contribution is -2.31. The van der Waals surface area contributed by atoms with Gasteiger partial charge in [-0.15, -0.1) is 0 Å². The average molecular weight is 328 g/mol. The van der Waals surface area contributed by atoms with Gasteiger partial charge in [0.1, 0.15) is 5.82 Å². The fraction of sp³-hybridized carbons (Fsp3) is 0.263. The van der Waals surface area contributed by atoms with Crippen molar-refractivity contribution in [2.45, 2.75) is 26.7 Å². The molecule has 2 aromatic rings. The van der Waals surface area contributed by atoms with Crippen LogP contribution in [-0.4, -0.2) is 18.4 Å². The molecule has 24 heavy (non-hydrogen) atoms. The third-order valence-corrected chi connectivity index (χ3v) is 3.73. The van der Waals surface area contributed by atoms with Crippen molar-refractivity contribution < 1.29 is 14.0 Å². The quantitative estimate of drug-likeness (QED) is 0.877. The van der Waals surface area contributed by atoms with Gasteiger partial charge in [-0.2, -0.15) is 0 Å². The minimum Gasteiger partial charge on any atom is -0.326 e. The first-order chi connectivity index (χ1) is 11.5. The Hall–Kier alpha value is -2.69. The van der Waals surface area contributed by atoms with Crippen molar-refractivity contribution in [2.24, 2.45) is 0 Å². The van der Waals surface area contributed by atoms with Crippen LogP contribution in [0.5, 0.6) is 0 Å². The molecule has 2 rings (SSSR count). The number of benzene rings is 2. The van der Waals surface area contributed by atoms with E-state index < -0.39 is 0 Å². The van der Waals surface area contributed by atoms with Crippen LogP contribution < -0.4 is 10.2 Å². The standard InChI is InChI=1S/C19H21FN2O2/c1-3-15-4-10-18(11-5-15)22(14(2)23)13-12-19(24)21-17-8-6-16(20)7-9-17/h4-11H,3,12-13H2,1-2H3,(H,21,24). The molecular weight excluding hydrogens is 307 g/mol. The summed E-state index contributed by atoms with van der Waals surface area (Å²) in [7, 11) is 0. The number of aryl methyl sites for hydroxylation is 1. The van der Waals surface area contributed by atoms with Crippen LogP contribution in [0.1, 0.15) is 25.8 Å². The van der Waals surface area contributed by atoms with E-state index in [1.165, 1.54) is 36.8 Å². The first-order valence-corrected chi connectivity index (χ1v) is 7.92. The number of anilines is 2. The van der Waals surface area contributed by atoms with Crippen LogP contribution >= 0.6 is 0 Å². The first-order valence-electron chi connectivity index (χ1n) is 7.92. The third-order valence-electron chi connectivity index (χ3n) is 3.73. The maximum absolute atomic E-state index is 12.9. The van der Waals surface area contributed by atoms with Gasteiger partial charge in [-0.25, -0.2) is 4.39 Å². The molecule has 0 aliphatic rings. The molecule has 4 nitrogen and oxygen atoms in total. The Morgan fingerprint density at radius 1 is 1.04 bits per heavy atom. The van der Waals surface area contributed by atoms with Gasteiger partial charge in [-0.1, -0.05) is 19.1 Å². The van der Waals surface area contributed by atoms with E-state index in [1.54, 1.807) is 4.90 Å². The molecule has 2 amide bonds. The van der Waals surface area contributed by atoms with Crippen molar-refractivity contribution in [3.05, 3.63) is 59.9 Å². The van der Waals surface area contributed by atoms with Crippen LogP contribution in [0.3, 0.4) is 0 Å². The van der Waals surface area contributed by atoms with Crippen molar-refractivity contribution >= 4 is 23.2 Å². The number of halogens is 1. The molecule has 0 bridgehead atoms. The summed E-state index contributed by atoms with van der Waals surface area (Å²) < 4.78 is 12.9. The number of rotatable bonds is 6. The van der Waals surface area contributed by atoms with Crippen LogP contribution in [0.25, 0.3) is 0 Å². The fourth-order valence-electron chi connectivity index (χ4n) is 2.35. The fourth-order valence-corrected chi connectivity index (χ4v) is 2.35. The second-order valence-electron chi connectivity index (χ2n) is 5.50. The maximum Gasteiger partial charge on any atom is 0.226 e. The molecule has 0 atom stereocenters. The predicted molar refractivity (Wildman–Crippen MR) is 93.5 cm³/mol. The Balaban J connectivity index is 1.96. The number of hydrogen-bond donors (Lipinski definition) is 1. The lowest BCUT2D eigenvalue weighted by atomic mass is 10.1. The molecular formula is C19H21FN2O2. The summed E-state index contributed by atoms with van der Waals surface area (Å²) in [6.45, 7) is 3.83. The summed E-state index contributed by atoms with van der Waals surface area (Å²) in [6.07, 6.45) is 1.09. The Labute approximate surface area is 141 Å². The number of carbonyl (C=O) groups excluding carboxylic acids is 2. The summed E-state index contributed by atoms with van der Waals surface area (Å²) in [5, 5.41) is 2.69. The number of amides is 2. The van der Waals surface area contributed by atoms with Crippen LogP contribution in [0.15, 0.2) is 48.5 Å². The highest BCUT2D eigenvalue weighted by atomic mass is 19.1. The van der Waals surface area contributed by atoms with Crippen LogP contribution in [0, 0.1) is 5.82 Å². The zero-order valence-corrected chi connectivity index (χ0v) is 13.9. The molecule has 0 aliphatic heterocycles. The zero-order chi connectivity index (χ0) is 17.5. The second kappa shape index (κ2) is 8.24. The van der Waals surface area contributed by atoms with Crippen molar-refractivity contribution in [2.75, 3.05) is 16.8 Å². The Kier molecular flexibility index (Phi) is 6.07. The van der Waals surface area contributed by atoms with Gasteiger partial charge < -0.3 is 10.2 Å². The molecule has 0 unspecified atom stereocenters. The Bertz CT molecular complexity index is 696. The molecule has 1 N–H and O–H groups in total. The summed E-state index contributed by atoms with van der Waals surface area (Å²) >= 11 is 0. The van der Waals surface area contributed by atoms with Crippen LogP contribution in [0.4, 0.5) is 15.8 Å². The predicted octanol–water partition coefficient (Wildman–Crippen LogP) is 3.77. The molecule has 0 saturated heterocycles. The minimum absolute atomic E-state index is 0.117. The zero-order valence-electron chi connectivity index (χ0n) is 13.9. The molecule has 5 heteroatoms. The largest absolute Gasteiger partial charge is 0.326 e. The Morgan fingerprint density at radius 3 is 2.21 bits per heavy atom. The molecule has 0 fully saturated rings. The summed E-state index contributed by atoms with van der Waals surface area (Å²) in [5.74, 6) is -0.696. The normalized spacial score (nSPS) is 10.3. The number of nitrogens with zero attached hydrogens (tertiary/aromatic N) is 1. The lowest BCUT2D eigenvalue weighted by molar-refractivity contribution is -0.117. The Morgan fingerprint density at radius 2 is 1.67 bits per heavy atom. The van der Waals surface area contributed by atoms with Gasteiger partial charge in [-0.3, -0.25) is 9.59 Å². The topological polar surface area (TPSA) is 49.4 Å². The van der Waals surface area contributed by atoms with Crippen molar-refractivity contribution in [1.29, 1.82) is 0 Å². The summed E-state index contributed by atoms with van der Waals surface area (Å²) in [6, 6.07) is 13.3. The molecule has 126 valence electrons. The van der Waals surface area contributed by atoms with Crippen LogP contribution in [0.2, 0.25) is 0 Å². The lowest BCUT2D eigenvalue weighted by Gasteiger charge is -2.21. The molecule has 0 aliphatic carbocycles. The van der Waals surface area contributed by atoms with Gasteiger partial charge in [0, 0.05) is 31.3 Å². The van der Waals surface area contributed by atoms with E-state index >= 15 is 0 Å². The highest BCUT2D eigenvalue weighted by molar-refractivity contribution is 5.94. The number of hydrogen-bond acceptors (Lipinski definition) is 2.